The zero-order valence-electron chi connectivity index (χ0n) is 12.7. The number of allylic oxidation sites excluding steroid dienone is 1. The van der Waals surface area contributed by atoms with E-state index in [1.807, 2.05) is 0 Å². The molecule has 0 fully saturated rings. The Balaban J connectivity index is 1.86. The molecule has 0 N–H and O–H groups in total. The highest BCUT2D eigenvalue weighted by atomic mass is 14.4. The average molecular weight is 272 g/mol. The number of rotatable bonds is 0. The first-order valence-corrected chi connectivity index (χ1v) is 8.12. The lowest BCUT2D eigenvalue weighted by Gasteiger charge is -2.38. The van der Waals surface area contributed by atoms with Crippen LogP contribution in [0, 0.1) is 0 Å². The number of hydrogen-bond acceptors (Lipinski definition) is 0. The average Bonchev–Trinajstić information content (AvgIpc) is 3.10. The molecule has 1 unspecified atom stereocenters. The third-order valence-electron chi connectivity index (χ3n) is 5.92. The molecule has 0 radical (unpaired) electrons. The van der Waals surface area contributed by atoms with Gasteiger partial charge in [-0.3, -0.25) is 0 Å². The first kappa shape index (κ1) is 11.8. The molecule has 104 valence electrons. The first-order valence-electron chi connectivity index (χ1n) is 8.12. The minimum Gasteiger partial charge on any atom is -0.0795 e. The van der Waals surface area contributed by atoms with E-state index in [1.54, 1.807) is 27.8 Å². The minimum atomic E-state index is 0.132. The Bertz CT molecular complexity index is 805. The Hall–Kier alpha value is -1.82. The lowest BCUT2D eigenvalue weighted by atomic mass is 9.65. The summed E-state index contributed by atoms with van der Waals surface area (Å²) in [6.45, 7) is 4.81. The largest absolute Gasteiger partial charge is 0.0795 e. The zero-order chi connectivity index (χ0) is 14.2. The molecule has 0 bridgehead atoms. The van der Waals surface area contributed by atoms with Gasteiger partial charge in [-0.15, -0.1) is 0 Å². The van der Waals surface area contributed by atoms with Gasteiger partial charge in [-0.1, -0.05) is 56.3 Å². The number of benzene rings is 2. The molecule has 0 spiro atoms. The monoisotopic (exact) mass is 272 g/mol. The van der Waals surface area contributed by atoms with Crippen molar-refractivity contribution in [2.45, 2.75) is 44.4 Å². The summed E-state index contributed by atoms with van der Waals surface area (Å²) in [5.74, 6) is 0.644. The molecule has 0 aromatic heterocycles. The predicted molar refractivity (Wildman–Crippen MR) is 87.9 cm³/mol. The van der Waals surface area contributed by atoms with Crippen molar-refractivity contribution < 1.29 is 0 Å². The van der Waals surface area contributed by atoms with Crippen LogP contribution in [0.4, 0.5) is 0 Å². The molecule has 0 saturated carbocycles. The summed E-state index contributed by atoms with van der Waals surface area (Å²) in [5.41, 5.74) is 11.1. The van der Waals surface area contributed by atoms with E-state index < -0.39 is 0 Å². The lowest BCUT2D eigenvalue weighted by Crippen LogP contribution is -2.28. The molecule has 2 aromatic carbocycles. The van der Waals surface area contributed by atoms with Crippen LogP contribution in [-0.2, 0) is 18.3 Å². The van der Waals surface area contributed by atoms with Crippen LogP contribution in [0.5, 0.6) is 0 Å². The highest BCUT2D eigenvalue weighted by Crippen LogP contribution is 2.53. The maximum atomic E-state index is 2.52. The molecule has 0 heterocycles. The van der Waals surface area contributed by atoms with Crippen molar-refractivity contribution in [1.29, 1.82) is 0 Å². The Morgan fingerprint density at radius 2 is 1.95 bits per heavy atom. The van der Waals surface area contributed by atoms with Gasteiger partial charge in [0.15, 0.2) is 0 Å². The van der Waals surface area contributed by atoms with Crippen LogP contribution in [0.3, 0.4) is 0 Å². The van der Waals surface area contributed by atoms with E-state index in [0.29, 0.717) is 5.92 Å². The van der Waals surface area contributed by atoms with Crippen LogP contribution >= 0.6 is 0 Å². The van der Waals surface area contributed by atoms with Crippen LogP contribution in [-0.4, -0.2) is 0 Å². The van der Waals surface area contributed by atoms with Crippen molar-refractivity contribution in [3.05, 3.63) is 75.4 Å². The van der Waals surface area contributed by atoms with E-state index in [1.165, 1.54) is 24.0 Å². The second kappa shape index (κ2) is 3.68. The van der Waals surface area contributed by atoms with Gasteiger partial charge in [-0.05, 0) is 58.2 Å². The summed E-state index contributed by atoms with van der Waals surface area (Å²) < 4.78 is 0. The third kappa shape index (κ3) is 1.36. The van der Waals surface area contributed by atoms with Gasteiger partial charge < -0.3 is 0 Å². The SMILES string of the molecule is CC1(C)c2cc3c(cc2C2CCc4cccc1c42)CC=C3. The molecule has 3 aliphatic carbocycles. The molecule has 0 amide bonds. The van der Waals surface area contributed by atoms with Crippen molar-refractivity contribution in [2.24, 2.45) is 0 Å². The van der Waals surface area contributed by atoms with Gasteiger partial charge in [0, 0.05) is 11.3 Å². The molecule has 5 rings (SSSR count). The van der Waals surface area contributed by atoms with Crippen LogP contribution < -0.4 is 0 Å². The van der Waals surface area contributed by atoms with Crippen molar-refractivity contribution in [1.82, 2.24) is 0 Å². The number of hydrogen-bond donors (Lipinski definition) is 0. The molecule has 2 aromatic rings. The fourth-order valence-electron chi connectivity index (χ4n) is 4.84. The van der Waals surface area contributed by atoms with Crippen molar-refractivity contribution in [3.63, 3.8) is 0 Å². The van der Waals surface area contributed by atoms with E-state index in [0.717, 1.165) is 6.42 Å². The Morgan fingerprint density at radius 1 is 1.05 bits per heavy atom. The summed E-state index contributed by atoms with van der Waals surface area (Å²) in [5, 5.41) is 0. The molecular weight excluding hydrogens is 252 g/mol. The smallest absolute Gasteiger partial charge is 0.0152 e. The second-order valence-electron chi connectivity index (χ2n) is 7.34. The number of aryl methyl sites for hydroxylation is 1. The van der Waals surface area contributed by atoms with Gasteiger partial charge in [0.25, 0.3) is 0 Å². The summed E-state index contributed by atoms with van der Waals surface area (Å²) in [6, 6.07) is 12.0. The van der Waals surface area contributed by atoms with Gasteiger partial charge in [0.05, 0.1) is 0 Å². The Morgan fingerprint density at radius 3 is 2.86 bits per heavy atom. The third-order valence-corrected chi connectivity index (χ3v) is 5.92. The summed E-state index contributed by atoms with van der Waals surface area (Å²) >= 11 is 0. The predicted octanol–water partition coefficient (Wildman–Crippen LogP) is 4.97. The van der Waals surface area contributed by atoms with Crippen LogP contribution in [0.15, 0.2) is 36.4 Å². The molecule has 21 heavy (non-hydrogen) atoms. The topological polar surface area (TPSA) is 0 Å². The van der Waals surface area contributed by atoms with Crippen LogP contribution in [0.2, 0.25) is 0 Å². The van der Waals surface area contributed by atoms with E-state index in [-0.39, 0.29) is 5.41 Å². The summed E-state index contributed by atoms with van der Waals surface area (Å²) in [7, 11) is 0. The van der Waals surface area contributed by atoms with E-state index >= 15 is 0 Å². The molecule has 0 nitrogen and oxygen atoms in total. The molecule has 0 aliphatic heterocycles. The van der Waals surface area contributed by atoms with E-state index in [2.05, 4.69) is 56.3 Å². The standard InChI is InChI=1S/C21H20/c1-21(2)18-8-4-5-13-9-10-16(20(13)18)17-11-14-6-3-7-15(14)12-19(17)21/h3-5,7-8,11-12,16H,6,9-10H2,1-2H3. The van der Waals surface area contributed by atoms with Gasteiger partial charge in [0.2, 0.25) is 0 Å². The molecule has 1 atom stereocenters. The quantitative estimate of drug-likeness (QED) is 0.635. The van der Waals surface area contributed by atoms with Crippen molar-refractivity contribution >= 4 is 6.08 Å². The maximum Gasteiger partial charge on any atom is 0.0152 e. The van der Waals surface area contributed by atoms with Gasteiger partial charge in [-0.25, -0.2) is 0 Å². The van der Waals surface area contributed by atoms with E-state index in [4.69, 9.17) is 0 Å². The van der Waals surface area contributed by atoms with Gasteiger partial charge >= 0.3 is 0 Å². The van der Waals surface area contributed by atoms with Crippen LogP contribution in [0.25, 0.3) is 6.08 Å². The van der Waals surface area contributed by atoms with Gasteiger partial charge in [0.1, 0.15) is 0 Å². The normalized spacial score (nSPS) is 22.9. The molecular formula is C21H20. The number of fused-ring (bicyclic) bond motifs is 3. The summed E-state index contributed by atoms with van der Waals surface area (Å²) in [4.78, 5) is 0. The highest BCUT2D eigenvalue weighted by molar-refractivity contribution is 5.67. The lowest BCUT2D eigenvalue weighted by molar-refractivity contribution is 0.584. The summed E-state index contributed by atoms with van der Waals surface area (Å²) in [6.07, 6.45) is 8.26. The molecule has 0 saturated heterocycles. The van der Waals surface area contributed by atoms with Crippen molar-refractivity contribution in [3.8, 4) is 0 Å². The first-order chi connectivity index (χ1) is 10.2. The fourth-order valence-corrected chi connectivity index (χ4v) is 4.84. The Labute approximate surface area is 126 Å². The van der Waals surface area contributed by atoms with Crippen molar-refractivity contribution in [2.75, 3.05) is 0 Å². The minimum absolute atomic E-state index is 0.132. The zero-order valence-corrected chi connectivity index (χ0v) is 12.7. The highest BCUT2D eigenvalue weighted by Gasteiger charge is 2.41. The molecule has 0 heteroatoms. The Kier molecular flexibility index (Phi) is 2.07. The van der Waals surface area contributed by atoms with Crippen LogP contribution in [0.1, 0.15) is 65.1 Å². The molecule has 3 aliphatic rings. The second-order valence-corrected chi connectivity index (χ2v) is 7.34. The fraction of sp³-hybridized carbons (Fsp3) is 0.333. The maximum absolute atomic E-state index is 2.52. The van der Waals surface area contributed by atoms with Gasteiger partial charge in [-0.2, -0.15) is 0 Å². The van der Waals surface area contributed by atoms with E-state index in [9.17, 15) is 0 Å².